The van der Waals surface area contributed by atoms with Crippen molar-refractivity contribution in [2.45, 2.75) is 26.3 Å². The molecule has 0 aliphatic carbocycles. The van der Waals surface area contributed by atoms with Gasteiger partial charge in [0.2, 0.25) is 0 Å². The van der Waals surface area contributed by atoms with Crippen LogP contribution < -0.4 is 10.6 Å². The van der Waals surface area contributed by atoms with E-state index in [1.807, 2.05) is 0 Å². The van der Waals surface area contributed by atoms with Gasteiger partial charge in [-0.1, -0.05) is 13.8 Å². The topological polar surface area (TPSA) is 129 Å². The number of nitriles is 1. The normalized spacial score (nSPS) is 12.2. The van der Waals surface area contributed by atoms with Crippen LogP contribution in [-0.2, 0) is 19.1 Å². The number of carbonyl (C=O) groups excluding carboxylic acids is 2. The molecule has 0 fully saturated rings. The van der Waals surface area contributed by atoms with Gasteiger partial charge in [-0.3, -0.25) is 9.59 Å². The monoisotopic (exact) mass is 297 g/mol. The van der Waals surface area contributed by atoms with Crippen molar-refractivity contribution in [1.29, 1.82) is 5.26 Å². The van der Waals surface area contributed by atoms with Crippen LogP contribution in [0.4, 0.5) is 0 Å². The molecule has 8 nitrogen and oxygen atoms in total. The maximum Gasteiger partial charge on any atom is 0.326 e. The second-order valence-electron chi connectivity index (χ2n) is 4.48. The van der Waals surface area contributed by atoms with E-state index in [-0.39, 0.29) is 24.5 Å². The molecule has 0 heterocycles. The molecule has 0 aliphatic rings. The van der Waals surface area contributed by atoms with E-state index in [4.69, 9.17) is 10.4 Å². The molecule has 0 rings (SSSR count). The van der Waals surface area contributed by atoms with E-state index < -0.39 is 23.9 Å². The largest absolute Gasteiger partial charge is 0.480 e. The first-order chi connectivity index (χ1) is 9.83. The number of aliphatic carboxylic acids is 1. The van der Waals surface area contributed by atoms with Crippen LogP contribution in [0.15, 0.2) is 11.8 Å². The Morgan fingerprint density at radius 1 is 1.38 bits per heavy atom. The van der Waals surface area contributed by atoms with Crippen LogP contribution in [0, 0.1) is 17.2 Å². The highest BCUT2D eigenvalue weighted by Gasteiger charge is 2.24. The number of amides is 1. The fourth-order valence-electron chi connectivity index (χ4n) is 1.33. The first kappa shape index (κ1) is 18.4. The minimum absolute atomic E-state index is 0.0804. The molecule has 0 aromatic heterocycles. The van der Waals surface area contributed by atoms with Gasteiger partial charge in [-0.25, -0.2) is 4.79 Å². The average Bonchev–Trinajstić information content (AvgIpc) is 2.43. The fourth-order valence-corrected chi connectivity index (χ4v) is 1.33. The van der Waals surface area contributed by atoms with Crippen LogP contribution in [0.5, 0.6) is 0 Å². The Balaban J connectivity index is 4.58. The van der Waals surface area contributed by atoms with Crippen LogP contribution in [0.25, 0.3) is 0 Å². The zero-order valence-electron chi connectivity index (χ0n) is 12.2. The summed E-state index contributed by atoms with van der Waals surface area (Å²) in [6.45, 7) is 3.48. The highest BCUT2D eigenvalue weighted by molar-refractivity contribution is 5.99. The first-order valence-electron chi connectivity index (χ1n) is 6.27. The van der Waals surface area contributed by atoms with E-state index >= 15 is 0 Å². The van der Waals surface area contributed by atoms with Gasteiger partial charge in [-0.15, -0.1) is 0 Å². The van der Waals surface area contributed by atoms with Crippen LogP contribution in [-0.4, -0.2) is 42.6 Å². The van der Waals surface area contributed by atoms with Gasteiger partial charge in [0.05, 0.1) is 13.5 Å². The second-order valence-corrected chi connectivity index (χ2v) is 4.48. The van der Waals surface area contributed by atoms with Gasteiger partial charge in [0, 0.05) is 12.7 Å². The van der Waals surface area contributed by atoms with E-state index in [1.54, 1.807) is 19.9 Å². The van der Waals surface area contributed by atoms with Crippen molar-refractivity contribution in [1.82, 2.24) is 10.6 Å². The molecular formula is C13H19N3O5. The second kappa shape index (κ2) is 9.36. The van der Waals surface area contributed by atoms with Crippen LogP contribution >= 0.6 is 0 Å². The zero-order chi connectivity index (χ0) is 16.4. The lowest BCUT2D eigenvalue weighted by atomic mass is 10.0. The number of carboxylic acid groups (broad SMARTS) is 1. The number of rotatable bonds is 8. The number of methoxy groups -OCH3 is 1. The predicted molar refractivity (Wildman–Crippen MR) is 72.7 cm³/mol. The van der Waals surface area contributed by atoms with Crippen molar-refractivity contribution in [3.63, 3.8) is 0 Å². The summed E-state index contributed by atoms with van der Waals surface area (Å²) in [7, 11) is 1.25. The molecule has 8 heteroatoms. The Bertz CT molecular complexity index is 465. The molecule has 0 spiro atoms. The van der Waals surface area contributed by atoms with Gasteiger partial charge in [-0.2, -0.15) is 5.26 Å². The smallest absolute Gasteiger partial charge is 0.326 e. The highest BCUT2D eigenvalue weighted by atomic mass is 16.5. The van der Waals surface area contributed by atoms with Crippen molar-refractivity contribution in [2.75, 3.05) is 13.7 Å². The van der Waals surface area contributed by atoms with Gasteiger partial charge in [-0.05, 0) is 5.92 Å². The number of esters is 1. The van der Waals surface area contributed by atoms with Crippen molar-refractivity contribution in [2.24, 2.45) is 5.92 Å². The lowest BCUT2D eigenvalue weighted by molar-refractivity contribution is -0.142. The molecule has 0 aromatic rings. The Morgan fingerprint density at radius 2 is 2.00 bits per heavy atom. The van der Waals surface area contributed by atoms with Gasteiger partial charge in [0.15, 0.2) is 0 Å². The standard InChI is InChI=1S/C13H19N3O5/c1-8(2)11(13(19)20)16-12(18)9(6-14)7-15-5-4-10(17)21-3/h7-8,11,15H,4-5H2,1-3H3,(H,16,18)(H,19,20)/b9-7-. The van der Waals surface area contributed by atoms with E-state index in [0.29, 0.717) is 0 Å². The summed E-state index contributed by atoms with van der Waals surface area (Å²) in [4.78, 5) is 33.6. The summed E-state index contributed by atoms with van der Waals surface area (Å²) >= 11 is 0. The number of carboxylic acids is 1. The summed E-state index contributed by atoms with van der Waals surface area (Å²) in [6, 6.07) is 0.585. The van der Waals surface area contributed by atoms with E-state index in [9.17, 15) is 14.4 Å². The van der Waals surface area contributed by atoms with E-state index in [2.05, 4.69) is 15.4 Å². The Morgan fingerprint density at radius 3 is 2.43 bits per heavy atom. The van der Waals surface area contributed by atoms with Gasteiger partial charge < -0.3 is 20.5 Å². The lowest BCUT2D eigenvalue weighted by Gasteiger charge is -2.17. The van der Waals surface area contributed by atoms with Crippen molar-refractivity contribution in [3.8, 4) is 6.07 Å². The van der Waals surface area contributed by atoms with Crippen LogP contribution in [0.3, 0.4) is 0 Å². The van der Waals surface area contributed by atoms with Crippen molar-refractivity contribution >= 4 is 17.8 Å². The quantitative estimate of drug-likeness (QED) is 0.244. The van der Waals surface area contributed by atoms with Crippen molar-refractivity contribution < 1.29 is 24.2 Å². The maximum absolute atomic E-state index is 11.8. The maximum atomic E-state index is 11.8. The summed E-state index contributed by atoms with van der Waals surface area (Å²) in [6.07, 6.45) is 1.22. The van der Waals surface area contributed by atoms with Crippen LogP contribution in [0.1, 0.15) is 20.3 Å². The molecule has 1 amide bonds. The number of carbonyl (C=O) groups is 3. The molecule has 0 bridgehead atoms. The molecule has 0 aromatic carbocycles. The number of nitrogens with zero attached hydrogens (tertiary/aromatic N) is 1. The van der Waals surface area contributed by atoms with Gasteiger partial charge in [0.25, 0.3) is 5.91 Å². The number of hydrogen-bond acceptors (Lipinski definition) is 6. The molecule has 0 radical (unpaired) electrons. The van der Waals surface area contributed by atoms with E-state index in [1.165, 1.54) is 7.11 Å². The molecular weight excluding hydrogens is 278 g/mol. The first-order valence-corrected chi connectivity index (χ1v) is 6.27. The molecule has 0 saturated carbocycles. The minimum Gasteiger partial charge on any atom is -0.480 e. The summed E-state index contributed by atoms with van der Waals surface area (Å²) in [5.41, 5.74) is -0.272. The highest BCUT2D eigenvalue weighted by Crippen LogP contribution is 2.03. The average molecular weight is 297 g/mol. The Kier molecular flexibility index (Phi) is 8.22. The summed E-state index contributed by atoms with van der Waals surface area (Å²) < 4.78 is 4.43. The molecule has 1 unspecified atom stereocenters. The third kappa shape index (κ3) is 6.96. The number of hydrogen-bond donors (Lipinski definition) is 3. The SMILES string of the molecule is COC(=O)CCN/C=C(/C#N)C(=O)NC(C(=O)O)C(C)C. The summed E-state index contributed by atoms with van der Waals surface area (Å²) in [5.74, 6) is -2.71. The molecule has 0 aliphatic heterocycles. The molecule has 1 atom stereocenters. The number of ether oxygens (including phenoxy) is 1. The third-order valence-electron chi connectivity index (χ3n) is 2.53. The minimum atomic E-state index is -1.17. The molecule has 116 valence electrons. The third-order valence-corrected chi connectivity index (χ3v) is 2.53. The Hall–Kier alpha value is -2.56. The molecule has 0 saturated heterocycles. The van der Waals surface area contributed by atoms with Gasteiger partial charge >= 0.3 is 11.9 Å². The Labute approximate surface area is 122 Å². The molecule has 21 heavy (non-hydrogen) atoms. The van der Waals surface area contributed by atoms with E-state index in [0.717, 1.165) is 6.20 Å². The number of nitrogens with one attached hydrogen (secondary N) is 2. The molecule has 3 N–H and O–H groups in total. The zero-order valence-corrected chi connectivity index (χ0v) is 12.2. The predicted octanol–water partition coefficient (Wildman–Crippen LogP) is -0.228. The lowest BCUT2D eigenvalue weighted by Crippen LogP contribution is -2.44. The fraction of sp³-hybridized carbons (Fsp3) is 0.538. The summed E-state index contributed by atoms with van der Waals surface area (Å²) in [5, 5.41) is 22.7. The van der Waals surface area contributed by atoms with Crippen LogP contribution in [0.2, 0.25) is 0 Å². The van der Waals surface area contributed by atoms with Crippen molar-refractivity contribution in [3.05, 3.63) is 11.8 Å². The van der Waals surface area contributed by atoms with Gasteiger partial charge in [0.1, 0.15) is 17.7 Å².